The van der Waals surface area contributed by atoms with Crippen molar-refractivity contribution in [2.24, 2.45) is 4.99 Å². The maximum atomic E-state index is 5.83. The largest absolute Gasteiger partial charge is 0.492 e. The molecule has 0 atom stereocenters. The Morgan fingerprint density at radius 2 is 1.97 bits per heavy atom. The molecule has 1 saturated heterocycles. The molecule has 0 spiro atoms. The van der Waals surface area contributed by atoms with Crippen LogP contribution in [0.4, 0.5) is 5.13 Å². The van der Waals surface area contributed by atoms with Gasteiger partial charge in [0, 0.05) is 58.7 Å². The maximum absolute atomic E-state index is 5.83. The van der Waals surface area contributed by atoms with Gasteiger partial charge in [-0.05, 0) is 19.1 Å². The lowest BCUT2D eigenvalue weighted by Gasteiger charge is -2.36. The second kappa shape index (κ2) is 11.0. The van der Waals surface area contributed by atoms with Crippen molar-refractivity contribution < 1.29 is 4.74 Å². The van der Waals surface area contributed by atoms with Crippen LogP contribution < -0.4 is 15.0 Å². The minimum atomic E-state index is 0.609. The third-order valence-electron chi connectivity index (χ3n) is 4.74. The molecule has 1 aliphatic heterocycles. The number of para-hydroxylation sites is 1. The zero-order chi connectivity index (χ0) is 20.5. The van der Waals surface area contributed by atoms with E-state index in [0.29, 0.717) is 6.54 Å². The highest BCUT2D eigenvalue weighted by atomic mass is 32.1. The summed E-state index contributed by atoms with van der Waals surface area (Å²) >= 11 is 1.66. The van der Waals surface area contributed by atoms with Crippen LogP contribution in [-0.2, 0) is 6.54 Å². The number of ether oxygens (including phenoxy) is 1. The SMILES string of the molecule is CCNC(=NCc1csc(N(C)C)n1)N1CCN(CCOc2ccccc2)CC1. The number of benzene rings is 1. The van der Waals surface area contributed by atoms with E-state index in [9.17, 15) is 0 Å². The van der Waals surface area contributed by atoms with Crippen LogP contribution in [-0.4, -0.2) is 80.7 Å². The van der Waals surface area contributed by atoms with Crippen LogP contribution in [0.3, 0.4) is 0 Å². The van der Waals surface area contributed by atoms with Gasteiger partial charge in [0.25, 0.3) is 0 Å². The lowest BCUT2D eigenvalue weighted by molar-refractivity contribution is 0.152. The van der Waals surface area contributed by atoms with Crippen LogP contribution in [0.2, 0.25) is 0 Å². The molecule has 7 nitrogen and oxygen atoms in total. The van der Waals surface area contributed by atoms with Gasteiger partial charge in [0.2, 0.25) is 0 Å². The van der Waals surface area contributed by atoms with Crippen molar-refractivity contribution in [3.05, 3.63) is 41.4 Å². The second-order valence-electron chi connectivity index (χ2n) is 7.18. The lowest BCUT2D eigenvalue weighted by Crippen LogP contribution is -2.53. The highest BCUT2D eigenvalue weighted by molar-refractivity contribution is 7.13. The number of nitrogens with zero attached hydrogens (tertiary/aromatic N) is 5. The van der Waals surface area contributed by atoms with E-state index in [-0.39, 0.29) is 0 Å². The van der Waals surface area contributed by atoms with Gasteiger partial charge in [-0.15, -0.1) is 11.3 Å². The summed E-state index contributed by atoms with van der Waals surface area (Å²) in [6, 6.07) is 10.0. The van der Waals surface area contributed by atoms with Gasteiger partial charge in [-0.1, -0.05) is 18.2 Å². The number of rotatable bonds is 8. The van der Waals surface area contributed by atoms with Crippen molar-refractivity contribution >= 4 is 22.4 Å². The van der Waals surface area contributed by atoms with Gasteiger partial charge in [-0.25, -0.2) is 9.98 Å². The average molecular weight is 417 g/mol. The van der Waals surface area contributed by atoms with Gasteiger partial charge in [0.15, 0.2) is 11.1 Å². The molecule has 1 aromatic heterocycles. The molecule has 0 amide bonds. The number of aliphatic imine (C=N–C) groups is 1. The third kappa shape index (κ3) is 6.61. The molecule has 3 rings (SSSR count). The lowest BCUT2D eigenvalue weighted by atomic mass is 10.3. The number of piperazine rings is 1. The maximum Gasteiger partial charge on any atom is 0.194 e. The van der Waals surface area contributed by atoms with Crippen LogP contribution in [0.15, 0.2) is 40.7 Å². The summed E-state index contributed by atoms with van der Waals surface area (Å²) in [5.41, 5.74) is 1.02. The Morgan fingerprint density at radius 1 is 1.21 bits per heavy atom. The van der Waals surface area contributed by atoms with E-state index in [4.69, 9.17) is 9.73 Å². The van der Waals surface area contributed by atoms with E-state index in [2.05, 4.69) is 32.4 Å². The molecular formula is C21H32N6OS. The van der Waals surface area contributed by atoms with Gasteiger partial charge in [-0.2, -0.15) is 0 Å². The summed E-state index contributed by atoms with van der Waals surface area (Å²) < 4.78 is 5.83. The predicted octanol–water partition coefficient (Wildman–Crippen LogP) is 2.37. The molecule has 158 valence electrons. The smallest absolute Gasteiger partial charge is 0.194 e. The molecular weight excluding hydrogens is 384 g/mol. The van der Waals surface area contributed by atoms with Gasteiger partial charge in [0.05, 0.1) is 12.2 Å². The molecule has 0 unspecified atom stereocenters. The zero-order valence-corrected chi connectivity index (χ0v) is 18.5. The van der Waals surface area contributed by atoms with Crippen LogP contribution in [0, 0.1) is 0 Å². The standard InChI is InChI=1S/C21H32N6OS/c1-4-22-20(23-16-18-17-29-21(24-18)25(2)3)27-12-10-26(11-13-27)14-15-28-19-8-6-5-7-9-19/h5-9,17H,4,10-16H2,1-3H3,(H,22,23). The van der Waals surface area contributed by atoms with Crippen LogP contribution in [0.25, 0.3) is 0 Å². The van der Waals surface area contributed by atoms with E-state index < -0.39 is 0 Å². The van der Waals surface area contributed by atoms with E-state index in [1.165, 1.54) is 0 Å². The molecule has 0 radical (unpaired) electrons. The van der Waals surface area contributed by atoms with Crippen molar-refractivity contribution in [1.29, 1.82) is 0 Å². The first-order valence-electron chi connectivity index (χ1n) is 10.2. The summed E-state index contributed by atoms with van der Waals surface area (Å²) in [4.78, 5) is 16.3. The number of aromatic nitrogens is 1. The summed E-state index contributed by atoms with van der Waals surface area (Å²) in [5.74, 6) is 1.92. The molecule has 29 heavy (non-hydrogen) atoms. The fourth-order valence-electron chi connectivity index (χ4n) is 3.15. The molecule has 2 heterocycles. The Kier molecular flexibility index (Phi) is 8.13. The number of hydrogen-bond donors (Lipinski definition) is 1. The van der Waals surface area contributed by atoms with Crippen molar-refractivity contribution in [3.8, 4) is 5.75 Å². The van der Waals surface area contributed by atoms with Gasteiger partial charge >= 0.3 is 0 Å². The van der Waals surface area contributed by atoms with Crippen LogP contribution in [0.1, 0.15) is 12.6 Å². The summed E-state index contributed by atoms with van der Waals surface area (Å²) in [7, 11) is 4.03. The Hall–Kier alpha value is -2.32. The Morgan fingerprint density at radius 3 is 2.62 bits per heavy atom. The number of nitrogens with one attached hydrogen (secondary N) is 1. The third-order valence-corrected chi connectivity index (χ3v) is 5.80. The van der Waals surface area contributed by atoms with Gasteiger partial charge < -0.3 is 19.9 Å². The highest BCUT2D eigenvalue weighted by Crippen LogP contribution is 2.18. The number of thiazole rings is 1. The molecule has 1 aliphatic rings. The molecule has 8 heteroatoms. The number of hydrogen-bond acceptors (Lipinski definition) is 6. The minimum Gasteiger partial charge on any atom is -0.492 e. The number of anilines is 1. The fourth-order valence-corrected chi connectivity index (χ4v) is 3.90. The normalized spacial score (nSPS) is 15.4. The van der Waals surface area contributed by atoms with Crippen molar-refractivity contribution in [3.63, 3.8) is 0 Å². The molecule has 0 bridgehead atoms. The predicted molar refractivity (Wildman–Crippen MR) is 121 cm³/mol. The fraction of sp³-hybridized carbons (Fsp3) is 0.524. The number of guanidine groups is 1. The monoisotopic (exact) mass is 416 g/mol. The summed E-state index contributed by atoms with van der Waals surface area (Å²) in [6.45, 7) is 9.22. The summed E-state index contributed by atoms with van der Waals surface area (Å²) in [6.07, 6.45) is 0. The second-order valence-corrected chi connectivity index (χ2v) is 8.01. The molecule has 1 aromatic carbocycles. The molecule has 0 saturated carbocycles. The van der Waals surface area contributed by atoms with E-state index in [0.717, 1.165) is 68.4 Å². The molecule has 0 aliphatic carbocycles. The Balaban J connectivity index is 1.45. The first-order chi connectivity index (χ1) is 14.2. The van der Waals surface area contributed by atoms with E-state index >= 15 is 0 Å². The average Bonchev–Trinajstić information content (AvgIpc) is 3.22. The quantitative estimate of drug-likeness (QED) is 0.527. The molecule has 2 aromatic rings. The van der Waals surface area contributed by atoms with E-state index in [1.807, 2.05) is 49.3 Å². The summed E-state index contributed by atoms with van der Waals surface area (Å²) in [5, 5.41) is 6.54. The van der Waals surface area contributed by atoms with Crippen molar-refractivity contribution in [2.75, 3.05) is 64.9 Å². The Bertz CT molecular complexity index is 756. The molecule has 1 fully saturated rings. The van der Waals surface area contributed by atoms with Crippen LogP contribution >= 0.6 is 11.3 Å². The first-order valence-corrected chi connectivity index (χ1v) is 11.1. The van der Waals surface area contributed by atoms with Gasteiger partial charge in [-0.3, -0.25) is 4.90 Å². The van der Waals surface area contributed by atoms with Crippen molar-refractivity contribution in [2.45, 2.75) is 13.5 Å². The first kappa shape index (κ1) is 21.4. The minimum absolute atomic E-state index is 0.609. The Labute approximate surface area is 178 Å². The van der Waals surface area contributed by atoms with Crippen LogP contribution in [0.5, 0.6) is 5.75 Å². The highest BCUT2D eigenvalue weighted by Gasteiger charge is 2.19. The topological polar surface area (TPSA) is 56.2 Å². The van der Waals surface area contributed by atoms with Gasteiger partial charge in [0.1, 0.15) is 12.4 Å². The van der Waals surface area contributed by atoms with Crippen molar-refractivity contribution in [1.82, 2.24) is 20.1 Å². The zero-order valence-electron chi connectivity index (χ0n) is 17.7. The van der Waals surface area contributed by atoms with E-state index in [1.54, 1.807) is 11.3 Å². The molecule has 1 N–H and O–H groups in total.